The standard InChI is InChI=1S/C19H19N5O2/c1-2-26-16-5-3-15(4-6-16)23-19-21-12-9-17(24-19)18(25)22-13-14-7-10-20-11-8-14/h3-12H,2,13H2,1H3,(H,22,25)(H,21,23,24). The highest BCUT2D eigenvalue weighted by atomic mass is 16.5. The molecule has 0 bridgehead atoms. The van der Waals surface area contributed by atoms with Crippen molar-refractivity contribution in [2.75, 3.05) is 11.9 Å². The molecule has 26 heavy (non-hydrogen) atoms. The van der Waals surface area contributed by atoms with Crippen LogP contribution in [0.2, 0.25) is 0 Å². The molecule has 1 aromatic carbocycles. The minimum absolute atomic E-state index is 0.265. The Kier molecular flexibility index (Phi) is 5.72. The highest BCUT2D eigenvalue weighted by Crippen LogP contribution is 2.18. The quantitative estimate of drug-likeness (QED) is 0.682. The molecule has 0 aliphatic carbocycles. The fraction of sp³-hybridized carbons (Fsp3) is 0.158. The third-order valence-electron chi connectivity index (χ3n) is 3.51. The van der Waals surface area contributed by atoms with Crippen LogP contribution < -0.4 is 15.4 Å². The van der Waals surface area contributed by atoms with E-state index in [0.29, 0.717) is 24.8 Å². The molecule has 0 radical (unpaired) electrons. The number of pyridine rings is 1. The number of hydrogen-bond donors (Lipinski definition) is 2. The maximum absolute atomic E-state index is 12.3. The Balaban J connectivity index is 1.62. The fourth-order valence-electron chi connectivity index (χ4n) is 2.25. The molecule has 2 N–H and O–H groups in total. The minimum Gasteiger partial charge on any atom is -0.494 e. The van der Waals surface area contributed by atoms with Gasteiger partial charge in [-0.05, 0) is 55.0 Å². The molecule has 0 spiro atoms. The molecule has 3 aromatic rings. The van der Waals surface area contributed by atoms with Crippen molar-refractivity contribution in [1.82, 2.24) is 20.3 Å². The van der Waals surface area contributed by atoms with Gasteiger partial charge in [0.1, 0.15) is 11.4 Å². The predicted octanol–water partition coefficient (Wildman–Crippen LogP) is 2.94. The molecule has 7 nitrogen and oxygen atoms in total. The van der Waals surface area contributed by atoms with Gasteiger partial charge in [-0.2, -0.15) is 0 Å². The van der Waals surface area contributed by atoms with Crippen molar-refractivity contribution in [1.29, 1.82) is 0 Å². The summed E-state index contributed by atoms with van der Waals surface area (Å²) >= 11 is 0. The Labute approximate surface area is 151 Å². The van der Waals surface area contributed by atoms with E-state index in [1.807, 2.05) is 43.3 Å². The van der Waals surface area contributed by atoms with Crippen LogP contribution >= 0.6 is 0 Å². The summed E-state index contributed by atoms with van der Waals surface area (Å²) in [5.74, 6) is 0.882. The Morgan fingerprint density at radius 2 is 1.81 bits per heavy atom. The van der Waals surface area contributed by atoms with E-state index in [0.717, 1.165) is 17.0 Å². The maximum Gasteiger partial charge on any atom is 0.270 e. The van der Waals surface area contributed by atoms with Gasteiger partial charge in [-0.3, -0.25) is 9.78 Å². The van der Waals surface area contributed by atoms with Gasteiger partial charge < -0.3 is 15.4 Å². The number of amides is 1. The second-order valence-corrected chi connectivity index (χ2v) is 5.39. The number of benzene rings is 1. The van der Waals surface area contributed by atoms with Gasteiger partial charge in [-0.1, -0.05) is 0 Å². The topological polar surface area (TPSA) is 89.0 Å². The summed E-state index contributed by atoms with van der Waals surface area (Å²) in [6.45, 7) is 2.96. The summed E-state index contributed by atoms with van der Waals surface area (Å²) in [6, 6.07) is 12.7. The van der Waals surface area contributed by atoms with Gasteiger partial charge in [0.2, 0.25) is 5.95 Å². The van der Waals surface area contributed by atoms with E-state index in [4.69, 9.17) is 4.74 Å². The van der Waals surface area contributed by atoms with Gasteiger partial charge in [0.05, 0.1) is 6.61 Å². The van der Waals surface area contributed by atoms with Crippen molar-refractivity contribution >= 4 is 17.5 Å². The van der Waals surface area contributed by atoms with Crippen molar-refractivity contribution in [3.05, 3.63) is 72.3 Å². The van der Waals surface area contributed by atoms with Crippen molar-refractivity contribution in [3.63, 3.8) is 0 Å². The number of anilines is 2. The van der Waals surface area contributed by atoms with E-state index in [1.54, 1.807) is 24.7 Å². The largest absolute Gasteiger partial charge is 0.494 e. The smallest absolute Gasteiger partial charge is 0.270 e. The molecule has 132 valence electrons. The van der Waals surface area contributed by atoms with E-state index in [-0.39, 0.29) is 5.91 Å². The molecule has 3 rings (SSSR count). The number of carbonyl (C=O) groups is 1. The van der Waals surface area contributed by atoms with E-state index in [1.165, 1.54) is 0 Å². The fourth-order valence-corrected chi connectivity index (χ4v) is 2.25. The van der Waals surface area contributed by atoms with E-state index in [9.17, 15) is 4.79 Å². The number of nitrogens with zero attached hydrogens (tertiary/aromatic N) is 3. The second kappa shape index (κ2) is 8.57. The van der Waals surface area contributed by atoms with Gasteiger partial charge in [0, 0.05) is 30.8 Å². The van der Waals surface area contributed by atoms with Gasteiger partial charge in [0.25, 0.3) is 5.91 Å². The van der Waals surface area contributed by atoms with E-state index in [2.05, 4.69) is 25.6 Å². The van der Waals surface area contributed by atoms with Crippen LogP contribution in [0.15, 0.2) is 61.1 Å². The second-order valence-electron chi connectivity index (χ2n) is 5.39. The molecule has 0 saturated heterocycles. The molecule has 1 amide bonds. The first kappa shape index (κ1) is 17.3. The monoisotopic (exact) mass is 349 g/mol. The summed E-state index contributed by atoms with van der Waals surface area (Å²) in [7, 11) is 0. The van der Waals surface area contributed by atoms with Crippen LogP contribution in [0.4, 0.5) is 11.6 Å². The molecule has 0 aliphatic rings. The summed E-state index contributed by atoms with van der Waals surface area (Å²) in [5, 5.41) is 5.90. The summed E-state index contributed by atoms with van der Waals surface area (Å²) in [5.41, 5.74) is 2.07. The molecule has 0 fully saturated rings. The lowest BCUT2D eigenvalue weighted by molar-refractivity contribution is 0.0946. The molecule has 0 aliphatic heterocycles. The number of carbonyl (C=O) groups excluding carboxylic acids is 1. The molecule has 0 saturated carbocycles. The first-order chi connectivity index (χ1) is 12.7. The summed E-state index contributed by atoms with van der Waals surface area (Å²) < 4.78 is 5.41. The lowest BCUT2D eigenvalue weighted by Crippen LogP contribution is -2.24. The van der Waals surface area contributed by atoms with Crippen LogP contribution in [-0.4, -0.2) is 27.5 Å². The van der Waals surface area contributed by atoms with Gasteiger partial charge >= 0.3 is 0 Å². The zero-order chi connectivity index (χ0) is 18.2. The maximum atomic E-state index is 12.3. The van der Waals surface area contributed by atoms with Crippen LogP contribution in [0.3, 0.4) is 0 Å². The zero-order valence-electron chi connectivity index (χ0n) is 14.3. The average molecular weight is 349 g/mol. The number of ether oxygens (including phenoxy) is 1. The highest BCUT2D eigenvalue weighted by Gasteiger charge is 2.09. The van der Waals surface area contributed by atoms with Gasteiger partial charge in [-0.25, -0.2) is 9.97 Å². The Hall–Kier alpha value is -3.48. The number of nitrogens with one attached hydrogen (secondary N) is 2. The normalized spacial score (nSPS) is 10.2. The molecular weight excluding hydrogens is 330 g/mol. The van der Waals surface area contributed by atoms with Crippen LogP contribution in [-0.2, 0) is 6.54 Å². The highest BCUT2D eigenvalue weighted by molar-refractivity contribution is 5.92. The predicted molar refractivity (Wildman–Crippen MR) is 98.3 cm³/mol. The molecule has 0 unspecified atom stereocenters. The van der Waals surface area contributed by atoms with Crippen molar-refractivity contribution in [2.24, 2.45) is 0 Å². The number of hydrogen-bond acceptors (Lipinski definition) is 6. The first-order valence-corrected chi connectivity index (χ1v) is 8.24. The van der Waals surface area contributed by atoms with Crippen molar-refractivity contribution < 1.29 is 9.53 Å². The van der Waals surface area contributed by atoms with Crippen LogP contribution in [0.1, 0.15) is 23.0 Å². The van der Waals surface area contributed by atoms with Crippen LogP contribution in [0, 0.1) is 0 Å². The average Bonchev–Trinajstić information content (AvgIpc) is 2.69. The third-order valence-corrected chi connectivity index (χ3v) is 3.51. The van der Waals surface area contributed by atoms with Crippen LogP contribution in [0.25, 0.3) is 0 Å². The van der Waals surface area contributed by atoms with Crippen molar-refractivity contribution in [3.8, 4) is 5.75 Å². The molecule has 7 heteroatoms. The zero-order valence-corrected chi connectivity index (χ0v) is 14.3. The summed E-state index contributed by atoms with van der Waals surface area (Å²) in [6.07, 6.45) is 4.92. The Bertz CT molecular complexity index is 853. The van der Waals surface area contributed by atoms with Gasteiger partial charge in [-0.15, -0.1) is 0 Å². The molecule has 2 aromatic heterocycles. The SMILES string of the molecule is CCOc1ccc(Nc2nccc(C(=O)NCc3ccncc3)n2)cc1. The number of aromatic nitrogens is 3. The lowest BCUT2D eigenvalue weighted by Gasteiger charge is -2.08. The molecular formula is C19H19N5O2. The molecule has 2 heterocycles. The molecule has 0 atom stereocenters. The third kappa shape index (κ3) is 4.76. The minimum atomic E-state index is -0.265. The van der Waals surface area contributed by atoms with E-state index >= 15 is 0 Å². The van der Waals surface area contributed by atoms with Crippen molar-refractivity contribution in [2.45, 2.75) is 13.5 Å². The lowest BCUT2D eigenvalue weighted by atomic mass is 10.2. The van der Waals surface area contributed by atoms with E-state index < -0.39 is 0 Å². The Morgan fingerprint density at radius 3 is 2.54 bits per heavy atom. The summed E-state index contributed by atoms with van der Waals surface area (Å²) in [4.78, 5) is 24.6. The first-order valence-electron chi connectivity index (χ1n) is 8.24. The van der Waals surface area contributed by atoms with Crippen LogP contribution in [0.5, 0.6) is 5.75 Å². The van der Waals surface area contributed by atoms with Gasteiger partial charge in [0.15, 0.2) is 0 Å². The number of rotatable bonds is 7. The Morgan fingerprint density at radius 1 is 1.04 bits per heavy atom.